The van der Waals surface area contributed by atoms with Crippen molar-refractivity contribution in [2.45, 2.75) is 20.3 Å². The Balaban J connectivity index is 2.02. The van der Waals surface area contributed by atoms with Crippen LogP contribution in [0.5, 0.6) is 0 Å². The van der Waals surface area contributed by atoms with Gasteiger partial charge < -0.3 is 14.9 Å². The number of carboxylic acid groups (broad SMARTS) is 1. The number of hydrogen-bond acceptors (Lipinski definition) is 3. The Labute approximate surface area is 108 Å². The van der Waals surface area contributed by atoms with Gasteiger partial charge in [0.25, 0.3) is 0 Å². The molecular weight excluding hydrogens is 232 g/mol. The first-order valence-electron chi connectivity index (χ1n) is 6.56. The van der Waals surface area contributed by atoms with E-state index in [2.05, 4.69) is 11.9 Å². The molecule has 2 fully saturated rings. The zero-order valence-electron chi connectivity index (χ0n) is 11.3. The number of amides is 1. The van der Waals surface area contributed by atoms with Crippen molar-refractivity contribution >= 4 is 11.9 Å². The number of carbonyl (C=O) groups is 2. The average Bonchev–Trinajstić information content (AvgIpc) is 2.91. The molecule has 0 spiro atoms. The lowest BCUT2D eigenvalue weighted by Gasteiger charge is -2.21. The second-order valence-corrected chi connectivity index (χ2v) is 6.10. The third kappa shape index (κ3) is 2.23. The predicted molar refractivity (Wildman–Crippen MR) is 67.1 cm³/mol. The molecule has 0 unspecified atom stereocenters. The summed E-state index contributed by atoms with van der Waals surface area (Å²) in [6.07, 6.45) is 0.965. The van der Waals surface area contributed by atoms with Crippen molar-refractivity contribution in [3.8, 4) is 0 Å². The first-order valence-corrected chi connectivity index (χ1v) is 6.56. The first-order chi connectivity index (χ1) is 8.35. The molecule has 102 valence electrons. The molecule has 2 aliphatic rings. The molecule has 0 aromatic heterocycles. The van der Waals surface area contributed by atoms with Crippen molar-refractivity contribution in [2.75, 3.05) is 33.2 Å². The maximum absolute atomic E-state index is 12.4. The van der Waals surface area contributed by atoms with Crippen LogP contribution in [0.25, 0.3) is 0 Å². The van der Waals surface area contributed by atoms with Gasteiger partial charge in [-0.2, -0.15) is 0 Å². The molecule has 2 atom stereocenters. The van der Waals surface area contributed by atoms with Gasteiger partial charge in [0.05, 0.1) is 11.8 Å². The zero-order chi connectivity index (χ0) is 13.5. The number of rotatable bonds is 2. The summed E-state index contributed by atoms with van der Waals surface area (Å²) in [6.45, 7) is 7.09. The molecule has 1 heterocycles. The molecule has 1 amide bonds. The first kappa shape index (κ1) is 13.3. The normalized spacial score (nSPS) is 31.8. The van der Waals surface area contributed by atoms with Gasteiger partial charge in [-0.15, -0.1) is 0 Å². The number of carbonyl (C=O) groups excluding carboxylic acids is 1. The van der Waals surface area contributed by atoms with Gasteiger partial charge in [0.2, 0.25) is 5.91 Å². The Hall–Kier alpha value is -1.10. The summed E-state index contributed by atoms with van der Waals surface area (Å²) in [5, 5.41) is 9.13. The molecular formula is C13H22N2O3. The molecule has 0 bridgehead atoms. The molecule has 1 aliphatic heterocycles. The van der Waals surface area contributed by atoms with Gasteiger partial charge in [-0.3, -0.25) is 9.59 Å². The summed E-state index contributed by atoms with van der Waals surface area (Å²) in [4.78, 5) is 27.6. The Morgan fingerprint density at radius 3 is 2.33 bits per heavy atom. The minimum absolute atomic E-state index is 0.0303. The van der Waals surface area contributed by atoms with Gasteiger partial charge in [0.15, 0.2) is 0 Å². The fourth-order valence-corrected chi connectivity index (χ4v) is 3.02. The molecule has 18 heavy (non-hydrogen) atoms. The molecule has 0 aromatic carbocycles. The predicted octanol–water partition coefficient (Wildman–Crippen LogP) is 0.507. The molecule has 2 rings (SSSR count). The smallest absolute Gasteiger partial charge is 0.307 e. The summed E-state index contributed by atoms with van der Waals surface area (Å²) < 4.78 is 0. The molecule has 1 saturated heterocycles. The number of aliphatic carboxylic acids is 1. The Bertz CT molecular complexity index is 367. The SMILES string of the molecule is CN1CCCN(C(=O)[C@H]2[C@H](C(=O)O)C2(C)C)CC1. The lowest BCUT2D eigenvalue weighted by molar-refractivity contribution is -0.142. The highest BCUT2D eigenvalue weighted by Crippen LogP contribution is 2.59. The summed E-state index contributed by atoms with van der Waals surface area (Å²) >= 11 is 0. The van der Waals surface area contributed by atoms with Gasteiger partial charge in [0.1, 0.15) is 0 Å². The molecule has 5 heteroatoms. The molecule has 1 N–H and O–H groups in total. The maximum atomic E-state index is 12.4. The van der Waals surface area contributed by atoms with Crippen molar-refractivity contribution in [3.05, 3.63) is 0 Å². The molecule has 1 saturated carbocycles. The molecule has 1 aliphatic carbocycles. The number of hydrogen-bond donors (Lipinski definition) is 1. The Morgan fingerprint density at radius 1 is 1.11 bits per heavy atom. The largest absolute Gasteiger partial charge is 0.481 e. The number of carboxylic acids is 1. The molecule has 5 nitrogen and oxygen atoms in total. The van der Waals surface area contributed by atoms with Crippen LogP contribution in [0.2, 0.25) is 0 Å². The fourth-order valence-electron chi connectivity index (χ4n) is 3.02. The van der Waals surface area contributed by atoms with Crippen LogP contribution in [0.1, 0.15) is 20.3 Å². The van der Waals surface area contributed by atoms with Crippen LogP contribution in [0.4, 0.5) is 0 Å². The van der Waals surface area contributed by atoms with E-state index in [9.17, 15) is 9.59 Å². The van der Waals surface area contributed by atoms with Gasteiger partial charge in [-0.05, 0) is 25.4 Å². The van der Waals surface area contributed by atoms with E-state index in [1.165, 1.54) is 0 Å². The van der Waals surface area contributed by atoms with Crippen LogP contribution in [-0.4, -0.2) is 60.0 Å². The van der Waals surface area contributed by atoms with E-state index in [-0.39, 0.29) is 17.2 Å². The highest BCUT2D eigenvalue weighted by Gasteiger charge is 2.66. The van der Waals surface area contributed by atoms with Crippen molar-refractivity contribution in [2.24, 2.45) is 17.3 Å². The van der Waals surface area contributed by atoms with Gasteiger partial charge >= 0.3 is 5.97 Å². The third-order valence-electron chi connectivity index (χ3n) is 4.39. The van der Waals surface area contributed by atoms with E-state index in [1.807, 2.05) is 18.7 Å². The Kier molecular flexibility index (Phi) is 3.36. The monoisotopic (exact) mass is 254 g/mol. The van der Waals surface area contributed by atoms with E-state index in [0.29, 0.717) is 6.54 Å². The average molecular weight is 254 g/mol. The van der Waals surface area contributed by atoms with Crippen molar-refractivity contribution < 1.29 is 14.7 Å². The summed E-state index contributed by atoms with van der Waals surface area (Å²) in [7, 11) is 2.05. The van der Waals surface area contributed by atoms with E-state index >= 15 is 0 Å². The maximum Gasteiger partial charge on any atom is 0.307 e. The second kappa shape index (κ2) is 4.53. The van der Waals surface area contributed by atoms with Crippen molar-refractivity contribution in [3.63, 3.8) is 0 Å². The second-order valence-electron chi connectivity index (χ2n) is 6.10. The number of likely N-dealkylation sites (N-methyl/N-ethyl adjacent to an activating group) is 1. The van der Waals surface area contributed by atoms with Gasteiger partial charge in [0, 0.05) is 19.6 Å². The van der Waals surface area contributed by atoms with E-state index < -0.39 is 11.9 Å². The highest BCUT2D eigenvalue weighted by molar-refractivity contribution is 5.91. The lowest BCUT2D eigenvalue weighted by atomic mass is 10.1. The van der Waals surface area contributed by atoms with Crippen molar-refractivity contribution in [1.82, 2.24) is 9.80 Å². The fraction of sp³-hybridized carbons (Fsp3) is 0.846. The van der Waals surface area contributed by atoms with Crippen LogP contribution < -0.4 is 0 Å². The zero-order valence-corrected chi connectivity index (χ0v) is 11.3. The van der Waals surface area contributed by atoms with Gasteiger partial charge in [-0.1, -0.05) is 13.8 Å². The summed E-state index contributed by atoms with van der Waals surface area (Å²) in [6, 6.07) is 0. The minimum Gasteiger partial charge on any atom is -0.481 e. The van der Waals surface area contributed by atoms with Gasteiger partial charge in [-0.25, -0.2) is 0 Å². The quantitative estimate of drug-likeness (QED) is 0.780. The van der Waals surface area contributed by atoms with Crippen LogP contribution in [0.3, 0.4) is 0 Å². The Morgan fingerprint density at radius 2 is 1.78 bits per heavy atom. The summed E-state index contributed by atoms with van der Waals surface area (Å²) in [5.74, 6) is -1.66. The summed E-state index contributed by atoms with van der Waals surface area (Å²) in [5.41, 5.74) is -0.388. The van der Waals surface area contributed by atoms with Crippen LogP contribution >= 0.6 is 0 Å². The standard InChI is InChI=1S/C13H22N2O3/c1-13(2)9(10(13)12(17)18)11(16)15-6-4-5-14(3)7-8-15/h9-10H,4-8H2,1-3H3,(H,17,18)/t9-,10-/m1/s1. The lowest BCUT2D eigenvalue weighted by Crippen LogP contribution is -2.36. The molecule has 0 radical (unpaired) electrons. The van der Waals surface area contributed by atoms with E-state index in [1.54, 1.807) is 0 Å². The van der Waals surface area contributed by atoms with Crippen LogP contribution in [-0.2, 0) is 9.59 Å². The van der Waals surface area contributed by atoms with Crippen LogP contribution in [0, 0.1) is 17.3 Å². The van der Waals surface area contributed by atoms with E-state index in [4.69, 9.17) is 5.11 Å². The number of nitrogens with zero attached hydrogens (tertiary/aromatic N) is 2. The van der Waals surface area contributed by atoms with Crippen LogP contribution in [0.15, 0.2) is 0 Å². The molecule has 0 aromatic rings. The highest BCUT2D eigenvalue weighted by atomic mass is 16.4. The third-order valence-corrected chi connectivity index (χ3v) is 4.39. The topological polar surface area (TPSA) is 60.9 Å². The minimum atomic E-state index is -0.842. The van der Waals surface area contributed by atoms with E-state index in [0.717, 1.165) is 26.1 Å². The van der Waals surface area contributed by atoms with Crippen molar-refractivity contribution in [1.29, 1.82) is 0 Å².